The molecule has 2 amide bonds. The summed E-state index contributed by atoms with van der Waals surface area (Å²) in [6.45, 7) is 0.853. The summed E-state index contributed by atoms with van der Waals surface area (Å²) in [5, 5.41) is 0.976. The molecule has 2 aromatic rings. The maximum Gasteiger partial charge on any atom is 0.250 e. The Morgan fingerprint density at radius 1 is 1.19 bits per heavy atom. The van der Waals surface area contributed by atoms with E-state index in [9.17, 15) is 9.59 Å². The molecule has 2 fully saturated rings. The van der Waals surface area contributed by atoms with Gasteiger partial charge in [0.25, 0.3) is 0 Å². The number of aromatic nitrogens is 1. The van der Waals surface area contributed by atoms with Gasteiger partial charge in [-0.25, -0.2) is 0 Å². The van der Waals surface area contributed by atoms with Crippen LogP contribution >= 0.6 is 0 Å². The molecular weight excluding hydrogens is 266 g/mol. The van der Waals surface area contributed by atoms with Gasteiger partial charge in [-0.05, 0) is 37.1 Å². The van der Waals surface area contributed by atoms with Gasteiger partial charge in [-0.1, -0.05) is 6.07 Å². The van der Waals surface area contributed by atoms with Gasteiger partial charge in [-0.3, -0.25) is 14.6 Å². The number of rotatable bonds is 1. The Morgan fingerprint density at radius 2 is 2.10 bits per heavy atom. The first kappa shape index (κ1) is 12.3. The second-order valence-electron chi connectivity index (χ2n) is 5.55. The minimum absolute atomic E-state index is 0.0374. The molecule has 1 aromatic heterocycles. The molecule has 21 heavy (non-hydrogen) atoms. The number of fused-ring (bicyclic) bond motifs is 2. The molecule has 1 unspecified atom stereocenters. The quantitative estimate of drug-likeness (QED) is 0.797. The van der Waals surface area contributed by atoms with E-state index in [2.05, 4.69) is 4.98 Å². The van der Waals surface area contributed by atoms with Crippen LogP contribution in [0.2, 0.25) is 0 Å². The number of benzene rings is 1. The first-order chi connectivity index (χ1) is 10.2. The highest BCUT2D eigenvalue weighted by Gasteiger charge is 2.42. The van der Waals surface area contributed by atoms with Gasteiger partial charge in [0.15, 0.2) is 0 Å². The molecule has 2 aliphatic rings. The van der Waals surface area contributed by atoms with Crippen LogP contribution in [0.3, 0.4) is 0 Å². The van der Waals surface area contributed by atoms with E-state index in [1.165, 1.54) is 0 Å². The standard InChI is InChI=1S/C16H15N3O2/c20-15-10-19(16(21)14-4-2-8-18(14)15)12-5-6-13-11(9-12)3-1-7-17-13/h1,3,5-7,9,14H,2,4,8,10H2. The van der Waals surface area contributed by atoms with Crippen molar-refractivity contribution in [3.63, 3.8) is 0 Å². The van der Waals surface area contributed by atoms with Crippen LogP contribution in [0.15, 0.2) is 36.5 Å². The second kappa shape index (κ2) is 4.55. The van der Waals surface area contributed by atoms with Crippen molar-refractivity contribution in [2.45, 2.75) is 18.9 Å². The molecule has 0 aliphatic carbocycles. The van der Waals surface area contributed by atoms with Crippen LogP contribution in [0.5, 0.6) is 0 Å². The molecule has 3 heterocycles. The third-order valence-corrected chi connectivity index (χ3v) is 4.32. The normalized spacial score (nSPS) is 22.0. The van der Waals surface area contributed by atoms with E-state index < -0.39 is 0 Å². The molecule has 106 valence electrons. The van der Waals surface area contributed by atoms with Gasteiger partial charge in [0, 0.05) is 23.8 Å². The lowest BCUT2D eigenvalue weighted by molar-refractivity contribution is -0.140. The van der Waals surface area contributed by atoms with Gasteiger partial charge in [0.1, 0.15) is 12.6 Å². The van der Waals surface area contributed by atoms with Crippen molar-refractivity contribution in [3.8, 4) is 0 Å². The highest BCUT2D eigenvalue weighted by atomic mass is 16.2. The molecule has 1 aromatic carbocycles. The minimum Gasteiger partial charge on any atom is -0.329 e. The van der Waals surface area contributed by atoms with Gasteiger partial charge in [0.05, 0.1) is 5.52 Å². The fourth-order valence-electron chi connectivity index (χ4n) is 3.26. The van der Waals surface area contributed by atoms with Crippen LogP contribution < -0.4 is 4.90 Å². The van der Waals surface area contributed by atoms with E-state index in [0.717, 1.165) is 29.4 Å². The molecule has 5 nitrogen and oxygen atoms in total. The Kier molecular flexibility index (Phi) is 2.67. The number of hydrogen-bond acceptors (Lipinski definition) is 3. The first-order valence-corrected chi connectivity index (χ1v) is 7.20. The van der Waals surface area contributed by atoms with Gasteiger partial charge >= 0.3 is 0 Å². The van der Waals surface area contributed by atoms with Crippen LogP contribution in [-0.4, -0.2) is 40.8 Å². The number of pyridine rings is 1. The zero-order valence-electron chi connectivity index (χ0n) is 11.5. The van der Waals surface area contributed by atoms with Crippen LogP contribution in [0.25, 0.3) is 10.9 Å². The van der Waals surface area contributed by atoms with Crippen molar-refractivity contribution in [2.75, 3.05) is 18.0 Å². The molecule has 0 spiro atoms. The molecular formula is C16H15N3O2. The van der Waals surface area contributed by atoms with Crippen LogP contribution in [0.1, 0.15) is 12.8 Å². The van der Waals surface area contributed by atoms with Crippen molar-refractivity contribution in [1.29, 1.82) is 0 Å². The fraction of sp³-hybridized carbons (Fsp3) is 0.312. The van der Waals surface area contributed by atoms with Gasteiger partial charge in [-0.15, -0.1) is 0 Å². The summed E-state index contributed by atoms with van der Waals surface area (Å²) < 4.78 is 0. The number of piperazine rings is 1. The first-order valence-electron chi connectivity index (χ1n) is 7.20. The Morgan fingerprint density at radius 3 is 3.00 bits per heavy atom. The lowest BCUT2D eigenvalue weighted by Crippen LogP contribution is -2.57. The number of nitrogens with zero attached hydrogens (tertiary/aromatic N) is 3. The number of carbonyl (C=O) groups excluding carboxylic acids is 2. The van der Waals surface area contributed by atoms with Crippen molar-refractivity contribution in [3.05, 3.63) is 36.5 Å². The zero-order valence-corrected chi connectivity index (χ0v) is 11.5. The average molecular weight is 281 g/mol. The van der Waals surface area contributed by atoms with Crippen LogP contribution in [0, 0.1) is 0 Å². The SMILES string of the molecule is O=C1C2CCCN2C(=O)CN1c1ccc2ncccc2c1. The summed E-state index contributed by atoms with van der Waals surface area (Å²) in [5.41, 5.74) is 1.67. The summed E-state index contributed by atoms with van der Waals surface area (Å²) >= 11 is 0. The maximum absolute atomic E-state index is 12.6. The molecule has 0 N–H and O–H groups in total. The summed E-state index contributed by atoms with van der Waals surface area (Å²) in [7, 11) is 0. The highest BCUT2D eigenvalue weighted by molar-refractivity contribution is 6.07. The van der Waals surface area contributed by atoms with E-state index in [4.69, 9.17) is 0 Å². The van der Waals surface area contributed by atoms with Crippen molar-refractivity contribution in [2.24, 2.45) is 0 Å². The molecule has 4 rings (SSSR count). The molecule has 2 saturated heterocycles. The number of anilines is 1. The Bertz CT molecular complexity index is 743. The molecule has 1 atom stereocenters. The van der Waals surface area contributed by atoms with Gasteiger partial charge in [-0.2, -0.15) is 0 Å². The summed E-state index contributed by atoms with van der Waals surface area (Å²) in [6, 6.07) is 9.25. The number of hydrogen-bond donors (Lipinski definition) is 0. The molecule has 0 bridgehead atoms. The van der Waals surface area contributed by atoms with Gasteiger partial charge < -0.3 is 9.80 Å². The highest BCUT2D eigenvalue weighted by Crippen LogP contribution is 2.28. The Labute approximate surface area is 122 Å². The second-order valence-corrected chi connectivity index (χ2v) is 5.55. The largest absolute Gasteiger partial charge is 0.329 e. The predicted molar refractivity (Wildman–Crippen MR) is 78.8 cm³/mol. The lowest BCUT2D eigenvalue weighted by atomic mass is 10.1. The third-order valence-electron chi connectivity index (χ3n) is 4.32. The van der Waals surface area contributed by atoms with E-state index in [1.807, 2.05) is 30.3 Å². The monoisotopic (exact) mass is 281 g/mol. The summed E-state index contributed by atoms with van der Waals surface area (Å²) in [5.74, 6) is 0.0822. The zero-order chi connectivity index (χ0) is 14.4. The van der Waals surface area contributed by atoms with E-state index in [1.54, 1.807) is 16.0 Å². The summed E-state index contributed by atoms with van der Waals surface area (Å²) in [6.07, 6.45) is 3.43. The van der Waals surface area contributed by atoms with Crippen LogP contribution in [0.4, 0.5) is 5.69 Å². The predicted octanol–water partition coefficient (Wildman–Crippen LogP) is 1.57. The van der Waals surface area contributed by atoms with E-state index in [0.29, 0.717) is 6.54 Å². The molecule has 5 heteroatoms. The molecule has 2 aliphatic heterocycles. The van der Waals surface area contributed by atoms with Crippen molar-refractivity contribution in [1.82, 2.24) is 9.88 Å². The number of carbonyl (C=O) groups is 2. The smallest absolute Gasteiger partial charge is 0.250 e. The van der Waals surface area contributed by atoms with E-state index in [-0.39, 0.29) is 24.4 Å². The van der Waals surface area contributed by atoms with Crippen LogP contribution in [-0.2, 0) is 9.59 Å². The topological polar surface area (TPSA) is 53.5 Å². The number of amides is 2. The molecule has 0 saturated carbocycles. The maximum atomic E-state index is 12.6. The lowest BCUT2D eigenvalue weighted by Gasteiger charge is -2.36. The third kappa shape index (κ3) is 1.88. The average Bonchev–Trinajstić information content (AvgIpc) is 3.01. The molecule has 0 radical (unpaired) electrons. The van der Waals surface area contributed by atoms with Crippen molar-refractivity contribution < 1.29 is 9.59 Å². The van der Waals surface area contributed by atoms with Gasteiger partial charge in [0.2, 0.25) is 11.8 Å². The Hall–Kier alpha value is -2.43. The minimum atomic E-state index is -0.268. The Balaban J connectivity index is 1.73. The fourth-order valence-corrected chi connectivity index (χ4v) is 3.26. The summed E-state index contributed by atoms with van der Waals surface area (Å²) in [4.78, 5) is 32.4. The van der Waals surface area contributed by atoms with Crippen molar-refractivity contribution >= 4 is 28.4 Å². The van der Waals surface area contributed by atoms with E-state index >= 15 is 0 Å².